The van der Waals surface area contributed by atoms with Crippen molar-refractivity contribution in [2.24, 2.45) is 4.99 Å². The Morgan fingerprint density at radius 2 is 1.90 bits per heavy atom. The average molecular weight is 429 g/mol. The molecule has 2 aromatic rings. The number of amides is 1. The highest BCUT2D eigenvalue weighted by atomic mass is 19.2. The number of hydrogen-bond donors (Lipinski definition) is 2. The number of carbonyl (C=O) groups excluding carboxylic acids is 2. The number of aliphatic imine (C=N–C) groups is 1. The Morgan fingerprint density at radius 1 is 1.16 bits per heavy atom. The molecule has 0 spiro atoms. The summed E-state index contributed by atoms with van der Waals surface area (Å²) in [4.78, 5) is 40.5. The second-order valence-corrected chi connectivity index (χ2v) is 6.98. The second kappa shape index (κ2) is 7.71. The molecular weight excluding hydrogens is 415 g/mol. The largest absolute Gasteiger partial charge is 0.481 e. The van der Waals surface area contributed by atoms with E-state index in [0.717, 1.165) is 12.3 Å². The molecule has 0 saturated carbocycles. The van der Waals surface area contributed by atoms with Gasteiger partial charge in [-0.25, -0.2) is 13.2 Å². The van der Waals surface area contributed by atoms with Crippen LogP contribution in [0.4, 0.5) is 24.5 Å². The lowest BCUT2D eigenvalue weighted by molar-refractivity contribution is -0.136. The third-order valence-corrected chi connectivity index (χ3v) is 5.15. The van der Waals surface area contributed by atoms with Crippen LogP contribution < -0.4 is 10.2 Å². The number of anilines is 2. The van der Waals surface area contributed by atoms with E-state index in [1.54, 1.807) is 0 Å². The number of nitrogens with zero attached hydrogens (tertiary/aromatic N) is 2. The van der Waals surface area contributed by atoms with E-state index >= 15 is 0 Å². The summed E-state index contributed by atoms with van der Waals surface area (Å²) in [6.07, 6.45) is 2.43. The smallest absolute Gasteiger partial charge is 0.307 e. The number of carboxylic acid groups (broad SMARTS) is 1. The number of allylic oxidation sites excluding steroid dienone is 1. The number of aliphatic carboxylic acids is 1. The Labute approximate surface area is 173 Å². The van der Waals surface area contributed by atoms with Crippen molar-refractivity contribution in [2.75, 3.05) is 10.2 Å². The van der Waals surface area contributed by atoms with Crippen LogP contribution in [-0.4, -0.2) is 29.5 Å². The van der Waals surface area contributed by atoms with E-state index < -0.39 is 41.5 Å². The summed E-state index contributed by atoms with van der Waals surface area (Å²) in [6, 6.07) is 4.17. The number of fused-ring (bicyclic) bond motifs is 3. The monoisotopic (exact) mass is 429 g/mol. The molecule has 7 nitrogen and oxygen atoms in total. The molecule has 0 fully saturated rings. The molecule has 31 heavy (non-hydrogen) atoms. The van der Waals surface area contributed by atoms with Gasteiger partial charge in [0.15, 0.2) is 17.4 Å². The van der Waals surface area contributed by atoms with Crippen LogP contribution in [0.2, 0.25) is 0 Å². The van der Waals surface area contributed by atoms with E-state index in [2.05, 4.69) is 10.3 Å². The van der Waals surface area contributed by atoms with Crippen molar-refractivity contribution in [1.82, 2.24) is 0 Å². The molecule has 1 atom stereocenters. The molecule has 10 heteroatoms. The van der Waals surface area contributed by atoms with Crippen LogP contribution in [0.5, 0.6) is 0 Å². The zero-order chi connectivity index (χ0) is 22.3. The number of nitrogens with one attached hydrogen (secondary N) is 1. The highest BCUT2D eigenvalue weighted by Crippen LogP contribution is 2.50. The van der Waals surface area contributed by atoms with E-state index in [1.807, 2.05) is 0 Å². The fourth-order valence-corrected chi connectivity index (χ4v) is 3.89. The minimum Gasteiger partial charge on any atom is -0.481 e. The number of halogens is 3. The van der Waals surface area contributed by atoms with Gasteiger partial charge in [0.2, 0.25) is 6.41 Å². The lowest BCUT2D eigenvalue weighted by Crippen LogP contribution is -2.25. The first-order valence-electron chi connectivity index (χ1n) is 9.07. The van der Waals surface area contributed by atoms with Crippen molar-refractivity contribution in [3.63, 3.8) is 0 Å². The van der Waals surface area contributed by atoms with Crippen LogP contribution in [-0.2, 0) is 27.3 Å². The topological polar surface area (TPSA) is 99.1 Å². The molecule has 1 unspecified atom stereocenters. The number of rotatable bonds is 6. The Bertz CT molecular complexity index is 1190. The van der Waals surface area contributed by atoms with Crippen LogP contribution in [0.3, 0.4) is 0 Å². The maximum atomic E-state index is 14.3. The lowest BCUT2D eigenvalue weighted by Gasteiger charge is -2.23. The van der Waals surface area contributed by atoms with Gasteiger partial charge in [-0.3, -0.25) is 19.4 Å². The minimum absolute atomic E-state index is 0.155. The molecule has 2 N–H and O–H groups in total. The van der Waals surface area contributed by atoms with Crippen LogP contribution >= 0.6 is 0 Å². The van der Waals surface area contributed by atoms with Gasteiger partial charge in [0.1, 0.15) is 5.82 Å². The fraction of sp³-hybridized carbons (Fsp3) is 0.143. The second-order valence-electron chi connectivity index (χ2n) is 6.98. The van der Waals surface area contributed by atoms with Crippen molar-refractivity contribution in [3.05, 3.63) is 70.3 Å². The van der Waals surface area contributed by atoms with Crippen molar-refractivity contribution in [2.45, 2.75) is 18.9 Å². The Kier molecular flexibility index (Phi) is 5.05. The summed E-state index contributed by atoms with van der Waals surface area (Å²) in [6.45, 7) is -0.250. The number of hydrogen-bond acceptors (Lipinski definition) is 5. The number of carboxylic acids is 1. The number of Topliss-reactive ketones (excluding diaryl/α,β-unsaturated/α-hetero) is 1. The molecule has 0 aliphatic carbocycles. The molecule has 2 aliphatic heterocycles. The molecule has 0 aromatic heterocycles. The van der Waals surface area contributed by atoms with E-state index in [1.165, 1.54) is 23.2 Å². The maximum absolute atomic E-state index is 14.3. The van der Waals surface area contributed by atoms with Gasteiger partial charge >= 0.3 is 5.97 Å². The summed E-state index contributed by atoms with van der Waals surface area (Å²) >= 11 is 0. The van der Waals surface area contributed by atoms with Gasteiger partial charge in [-0.1, -0.05) is 6.07 Å². The van der Waals surface area contributed by atoms with Crippen LogP contribution in [0.1, 0.15) is 22.6 Å². The molecule has 2 aromatic carbocycles. The van der Waals surface area contributed by atoms with Crippen LogP contribution in [0, 0.1) is 17.5 Å². The SMILES string of the molecule is O=CNc1c(CC(=O)O)ccc2c1C1C(=O)C=NC=C1N2Cc1cc(F)c(F)cc1F. The van der Waals surface area contributed by atoms with Gasteiger partial charge in [0, 0.05) is 29.1 Å². The summed E-state index contributed by atoms with van der Waals surface area (Å²) < 4.78 is 41.3. The lowest BCUT2D eigenvalue weighted by atomic mass is 9.90. The van der Waals surface area contributed by atoms with Crippen molar-refractivity contribution < 1.29 is 32.7 Å². The molecule has 0 saturated heterocycles. The molecule has 4 rings (SSSR count). The molecule has 0 radical (unpaired) electrons. The van der Waals surface area contributed by atoms with Crippen molar-refractivity contribution >= 4 is 35.8 Å². The highest BCUT2D eigenvalue weighted by molar-refractivity contribution is 6.33. The summed E-state index contributed by atoms with van der Waals surface area (Å²) in [7, 11) is 0. The van der Waals surface area contributed by atoms with Gasteiger partial charge in [-0.05, 0) is 17.7 Å². The zero-order valence-electron chi connectivity index (χ0n) is 15.7. The van der Waals surface area contributed by atoms with Crippen molar-refractivity contribution in [3.8, 4) is 0 Å². The first-order chi connectivity index (χ1) is 14.8. The number of benzene rings is 2. The Hall–Kier alpha value is -3.95. The predicted molar refractivity (Wildman–Crippen MR) is 104 cm³/mol. The number of carbonyl (C=O) groups is 3. The molecule has 0 bridgehead atoms. The maximum Gasteiger partial charge on any atom is 0.307 e. The first-order valence-corrected chi connectivity index (χ1v) is 9.07. The quantitative estimate of drug-likeness (QED) is 0.544. The first kappa shape index (κ1) is 20.3. The zero-order valence-corrected chi connectivity index (χ0v) is 15.7. The van der Waals surface area contributed by atoms with Crippen LogP contribution in [0.15, 0.2) is 41.2 Å². The van der Waals surface area contributed by atoms with Gasteiger partial charge in [0.25, 0.3) is 0 Å². The van der Waals surface area contributed by atoms with E-state index in [0.29, 0.717) is 29.4 Å². The molecule has 158 valence electrons. The average Bonchev–Trinajstić information content (AvgIpc) is 3.03. The normalized spacial score (nSPS) is 16.6. The molecule has 2 heterocycles. The fourth-order valence-electron chi connectivity index (χ4n) is 3.89. The summed E-state index contributed by atoms with van der Waals surface area (Å²) in [5.74, 6) is -6.00. The standard InChI is InChI=1S/C21H14F3N3O4/c22-12-5-14(24)13(23)3-11(12)8-27-15-2-1-10(4-18(30)31)21(26-9-28)20(15)19-16(27)6-25-7-17(19)29/h1-3,5-7,9,19H,4,8H2,(H,26,28)(H,30,31). The summed E-state index contributed by atoms with van der Waals surface area (Å²) in [5.41, 5.74) is 1.33. The van der Waals surface area contributed by atoms with E-state index in [4.69, 9.17) is 0 Å². The van der Waals surface area contributed by atoms with Gasteiger partial charge in [-0.2, -0.15) is 0 Å². The Morgan fingerprint density at radius 3 is 2.61 bits per heavy atom. The molecule has 1 amide bonds. The molecular formula is C21H14F3N3O4. The van der Waals surface area contributed by atoms with E-state index in [-0.39, 0.29) is 23.4 Å². The highest BCUT2D eigenvalue weighted by Gasteiger charge is 2.42. The predicted octanol–water partition coefficient (Wildman–Crippen LogP) is 2.90. The summed E-state index contributed by atoms with van der Waals surface area (Å²) in [5, 5.41) is 11.7. The number of ketones is 1. The minimum atomic E-state index is -1.33. The van der Waals surface area contributed by atoms with E-state index in [9.17, 15) is 32.7 Å². The van der Waals surface area contributed by atoms with Crippen molar-refractivity contribution in [1.29, 1.82) is 0 Å². The van der Waals surface area contributed by atoms with Crippen LogP contribution in [0.25, 0.3) is 0 Å². The van der Waals surface area contributed by atoms with Gasteiger partial charge in [-0.15, -0.1) is 0 Å². The van der Waals surface area contributed by atoms with Gasteiger partial charge < -0.3 is 15.3 Å². The Balaban J connectivity index is 1.88. The molecule has 2 aliphatic rings. The van der Waals surface area contributed by atoms with Gasteiger partial charge in [0.05, 0.1) is 36.5 Å². The third kappa shape index (κ3) is 3.45. The third-order valence-electron chi connectivity index (χ3n) is 5.15.